The Morgan fingerprint density at radius 2 is 1.95 bits per heavy atom. The van der Waals surface area contributed by atoms with Gasteiger partial charge in [0, 0.05) is 6.07 Å². The molecular weight excluding hydrogens is 291 g/mol. The predicted octanol–water partition coefficient (Wildman–Crippen LogP) is 2.54. The van der Waals surface area contributed by atoms with Gasteiger partial charge < -0.3 is 11.1 Å². The van der Waals surface area contributed by atoms with Crippen LogP contribution in [0.3, 0.4) is 0 Å². The number of primary amides is 1. The number of nitrogens with two attached hydrogens (primary N) is 1. The highest BCUT2D eigenvalue weighted by atomic mass is 19.4. The minimum absolute atomic E-state index is 0.189. The van der Waals surface area contributed by atoms with Crippen LogP contribution < -0.4 is 11.1 Å². The molecule has 0 fully saturated rings. The van der Waals surface area contributed by atoms with Gasteiger partial charge in [-0.05, 0) is 18.1 Å². The van der Waals surface area contributed by atoms with E-state index >= 15 is 0 Å². The summed E-state index contributed by atoms with van der Waals surface area (Å²) in [5.74, 6) is -1.04. The van der Waals surface area contributed by atoms with Crippen LogP contribution in [-0.4, -0.2) is 16.9 Å². The average molecular weight is 305 g/mol. The molecule has 1 unspecified atom stereocenters. The van der Waals surface area contributed by atoms with Crippen LogP contribution >= 0.6 is 0 Å². The van der Waals surface area contributed by atoms with Crippen molar-refractivity contribution in [2.24, 2.45) is 11.7 Å². The predicted molar refractivity (Wildman–Crippen MR) is 69.5 cm³/mol. The zero-order chi connectivity index (χ0) is 16.4. The number of hydrogen-bond donors (Lipinski definition) is 2. The Bertz CT molecular complexity index is 558. The Morgan fingerprint density at radius 3 is 2.33 bits per heavy atom. The van der Waals surface area contributed by atoms with E-state index in [1.807, 2.05) is 0 Å². The normalized spacial score (nSPS) is 13.0. The summed E-state index contributed by atoms with van der Waals surface area (Å²) in [5.41, 5.74) is 3.06. The van der Waals surface area contributed by atoms with Crippen molar-refractivity contribution in [2.45, 2.75) is 26.1 Å². The molecule has 1 amide bonds. The molecule has 21 heavy (non-hydrogen) atoms. The number of rotatable bonds is 5. The number of carbonyl (C=O) groups is 1. The van der Waals surface area contributed by atoms with Crippen molar-refractivity contribution < 1.29 is 22.9 Å². The van der Waals surface area contributed by atoms with Crippen LogP contribution in [0.15, 0.2) is 18.2 Å². The third-order valence-corrected chi connectivity index (χ3v) is 2.81. The van der Waals surface area contributed by atoms with E-state index in [9.17, 15) is 28.1 Å². The van der Waals surface area contributed by atoms with Crippen molar-refractivity contribution in [1.29, 1.82) is 0 Å². The molecule has 0 aliphatic rings. The fraction of sp³-hybridized carbons (Fsp3) is 0.417. The maximum atomic E-state index is 12.6. The van der Waals surface area contributed by atoms with Gasteiger partial charge in [-0.25, -0.2) is 0 Å². The van der Waals surface area contributed by atoms with Gasteiger partial charge in [0.25, 0.3) is 5.69 Å². The Morgan fingerprint density at radius 1 is 1.38 bits per heavy atom. The maximum absolute atomic E-state index is 12.6. The van der Waals surface area contributed by atoms with E-state index in [1.165, 1.54) is 0 Å². The van der Waals surface area contributed by atoms with Crippen molar-refractivity contribution in [3.8, 4) is 0 Å². The fourth-order valence-corrected chi connectivity index (χ4v) is 1.71. The SMILES string of the molecule is CC(C)C(Nc1ccc(C(F)(F)F)cc1[N+](=O)[O-])C(N)=O. The van der Waals surface area contributed by atoms with Gasteiger partial charge in [0.1, 0.15) is 11.7 Å². The van der Waals surface area contributed by atoms with Crippen molar-refractivity contribution in [3.63, 3.8) is 0 Å². The van der Waals surface area contributed by atoms with Crippen LogP contribution in [0, 0.1) is 16.0 Å². The summed E-state index contributed by atoms with van der Waals surface area (Å²) in [6.07, 6.45) is -4.69. The van der Waals surface area contributed by atoms with Crippen LogP contribution in [0.2, 0.25) is 0 Å². The molecule has 1 aromatic rings. The number of hydrogen-bond acceptors (Lipinski definition) is 4. The summed E-state index contributed by atoms with van der Waals surface area (Å²) in [6.45, 7) is 3.30. The Balaban J connectivity index is 3.24. The molecular formula is C12H14F3N3O3. The van der Waals surface area contributed by atoms with Crippen LogP contribution in [0.4, 0.5) is 24.5 Å². The molecule has 1 aromatic carbocycles. The Labute approximate surface area is 118 Å². The minimum atomic E-state index is -4.69. The summed E-state index contributed by atoms with van der Waals surface area (Å²) in [7, 11) is 0. The van der Waals surface area contributed by atoms with Gasteiger partial charge in [0.15, 0.2) is 0 Å². The van der Waals surface area contributed by atoms with Crippen LogP contribution in [-0.2, 0) is 11.0 Å². The van der Waals surface area contributed by atoms with Gasteiger partial charge in [-0.1, -0.05) is 13.8 Å². The molecule has 0 aliphatic carbocycles. The number of nitrogens with zero attached hydrogens (tertiary/aromatic N) is 1. The Hall–Kier alpha value is -2.32. The number of amides is 1. The second-order valence-electron chi connectivity index (χ2n) is 4.76. The number of nitrogens with one attached hydrogen (secondary N) is 1. The molecule has 1 atom stereocenters. The van der Waals surface area contributed by atoms with Gasteiger partial charge in [0.05, 0.1) is 10.5 Å². The van der Waals surface area contributed by atoms with Gasteiger partial charge >= 0.3 is 6.18 Å². The first-order valence-electron chi connectivity index (χ1n) is 5.95. The largest absolute Gasteiger partial charge is 0.416 e. The highest BCUT2D eigenvalue weighted by Crippen LogP contribution is 2.35. The molecule has 1 rings (SSSR count). The second-order valence-corrected chi connectivity index (χ2v) is 4.76. The van der Waals surface area contributed by atoms with Crippen LogP contribution in [0.25, 0.3) is 0 Å². The molecule has 0 saturated carbocycles. The molecule has 116 valence electrons. The molecule has 0 heterocycles. The number of nitro groups is 1. The number of anilines is 1. The molecule has 0 saturated heterocycles. The van der Waals surface area contributed by atoms with E-state index in [0.717, 1.165) is 6.07 Å². The number of alkyl halides is 3. The molecule has 9 heteroatoms. The standard InChI is InChI=1S/C12H14F3N3O3/c1-6(2)10(11(16)19)17-8-4-3-7(12(13,14)15)5-9(8)18(20)21/h3-6,10,17H,1-2H3,(H2,16,19). The first-order chi connectivity index (χ1) is 9.54. The van der Waals surface area contributed by atoms with E-state index in [-0.39, 0.29) is 11.6 Å². The summed E-state index contributed by atoms with van der Waals surface area (Å²) >= 11 is 0. The first kappa shape index (κ1) is 16.7. The molecule has 0 spiro atoms. The highest BCUT2D eigenvalue weighted by molar-refractivity contribution is 5.84. The lowest BCUT2D eigenvalue weighted by atomic mass is 10.0. The minimum Gasteiger partial charge on any atom is -0.368 e. The molecule has 0 aromatic heterocycles. The maximum Gasteiger partial charge on any atom is 0.416 e. The van der Waals surface area contributed by atoms with Crippen molar-refractivity contribution in [1.82, 2.24) is 0 Å². The Kier molecular flexibility index (Phi) is 4.77. The zero-order valence-corrected chi connectivity index (χ0v) is 11.3. The first-order valence-corrected chi connectivity index (χ1v) is 5.95. The van der Waals surface area contributed by atoms with E-state index < -0.39 is 34.3 Å². The van der Waals surface area contributed by atoms with Crippen LogP contribution in [0.1, 0.15) is 19.4 Å². The topological polar surface area (TPSA) is 98.3 Å². The monoisotopic (exact) mass is 305 g/mol. The summed E-state index contributed by atoms with van der Waals surface area (Å²) in [6, 6.07) is 1.11. The molecule has 0 aliphatic heterocycles. The molecule has 0 bridgehead atoms. The lowest BCUT2D eigenvalue weighted by molar-refractivity contribution is -0.384. The van der Waals surface area contributed by atoms with Crippen molar-refractivity contribution >= 4 is 17.3 Å². The quantitative estimate of drug-likeness (QED) is 0.645. The molecule has 0 radical (unpaired) electrons. The van der Waals surface area contributed by atoms with E-state index in [2.05, 4.69) is 5.32 Å². The number of nitro benzene ring substituents is 1. The number of halogens is 3. The van der Waals surface area contributed by atoms with Gasteiger partial charge in [-0.3, -0.25) is 14.9 Å². The smallest absolute Gasteiger partial charge is 0.368 e. The third kappa shape index (κ3) is 4.07. The van der Waals surface area contributed by atoms with Gasteiger partial charge in [0.2, 0.25) is 5.91 Å². The van der Waals surface area contributed by atoms with Crippen LogP contribution in [0.5, 0.6) is 0 Å². The summed E-state index contributed by atoms with van der Waals surface area (Å²) in [4.78, 5) is 21.2. The van der Waals surface area contributed by atoms with Gasteiger partial charge in [-0.2, -0.15) is 13.2 Å². The fourth-order valence-electron chi connectivity index (χ4n) is 1.71. The van der Waals surface area contributed by atoms with Crippen molar-refractivity contribution in [3.05, 3.63) is 33.9 Å². The van der Waals surface area contributed by atoms with Gasteiger partial charge in [-0.15, -0.1) is 0 Å². The second kappa shape index (κ2) is 5.98. The number of carbonyl (C=O) groups excluding carboxylic acids is 1. The average Bonchev–Trinajstić information content (AvgIpc) is 2.33. The third-order valence-electron chi connectivity index (χ3n) is 2.81. The number of benzene rings is 1. The summed E-state index contributed by atoms with van der Waals surface area (Å²) < 4.78 is 37.7. The van der Waals surface area contributed by atoms with E-state index in [1.54, 1.807) is 13.8 Å². The lowest BCUT2D eigenvalue weighted by Crippen LogP contribution is -2.39. The van der Waals surface area contributed by atoms with E-state index in [0.29, 0.717) is 12.1 Å². The zero-order valence-electron chi connectivity index (χ0n) is 11.3. The summed E-state index contributed by atoms with van der Waals surface area (Å²) in [5, 5.41) is 13.4. The molecule has 6 nitrogen and oxygen atoms in total. The highest BCUT2D eigenvalue weighted by Gasteiger charge is 2.33. The van der Waals surface area contributed by atoms with Crippen molar-refractivity contribution in [2.75, 3.05) is 5.32 Å². The lowest BCUT2D eigenvalue weighted by Gasteiger charge is -2.20. The van der Waals surface area contributed by atoms with E-state index in [4.69, 9.17) is 5.73 Å². The molecule has 3 N–H and O–H groups in total.